The molecule has 34 heavy (non-hydrogen) atoms. The summed E-state index contributed by atoms with van der Waals surface area (Å²) in [5.41, 5.74) is 3.93. The van der Waals surface area contributed by atoms with Crippen LogP contribution in [-0.4, -0.2) is 57.4 Å². The Morgan fingerprint density at radius 2 is 1.68 bits per heavy atom. The van der Waals surface area contributed by atoms with Crippen molar-refractivity contribution in [2.24, 2.45) is 5.73 Å². The van der Waals surface area contributed by atoms with Gasteiger partial charge in [-0.3, -0.25) is 9.59 Å². The Hall–Kier alpha value is -3.86. The monoisotopic (exact) mass is 474 g/mol. The molecule has 11 heteroatoms. The molecule has 1 aromatic rings. The molecule has 3 rings (SSSR count). The summed E-state index contributed by atoms with van der Waals surface area (Å²) in [5.74, 6) is -4.15. The number of hydrogen-bond donors (Lipinski definition) is 2. The van der Waals surface area contributed by atoms with Gasteiger partial charge in [0.2, 0.25) is 11.8 Å². The average Bonchev–Trinajstić information content (AvgIpc) is 3.06. The molecule has 1 amide bonds. The number of nitrogens with one attached hydrogen (secondary N) is 1. The second-order valence-electron chi connectivity index (χ2n) is 7.22. The highest BCUT2D eigenvalue weighted by Crippen LogP contribution is 2.52. The number of methoxy groups -OCH3 is 1. The fourth-order valence-corrected chi connectivity index (χ4v) is 3.99. The fourth-order valence-electron chi connectivity index (χ4n) is 3.99. The number of benzene rings is 1. The Morgan fingerprint density at radius 1 is 1.00 bits per heavy atom. The second kappa shape index (κ2) is 10.4. The number of esters is 3. The van der Waals surface area contributed by atoms with Gasteiger partial charge in [-0.2, -0.15) is 0 Å². The number of amides is 1. The maximum absolute atomic E-state index is 13.6. The highest BCUT2D eigenvalue weighted by Gasteiger charge is 2.62. The van der Waals surface area contributed by atoms with Gasteiger partial charge >= 0.3 is 17.9 Å². The number of anilines is 1. The highest BCUT2D eigenvalue weighted by atomic mass is 16.6. The number of nitrogens with two attached hydrogens (primary N) is 1. The van der Waals surface area contributed by atoms with Crippen LogP contribution in [0.15, 0.2) is 47.1 Å². The van der Waals surface area contributed by atoms with Gasteiger partial charge in [0.1, 0.15) is 35.3 Å². The van der Waals surface area contributed by atoms with Gasteiger partial charge in [0.15, 0.2) is 0 Å². The van der Waals surface area contributed by atoms with Crippen LogP contribution in [0.2, 0.25) is 0 Å². The lowest BCUT2D eigenvalue weighted by molar-refractivity contribution is -0.144. The molecule has 182 valence electrons. The van der Waals surface area contributed by atoms with Gasteiger partial charge in [-0.1, -0.05) is 18.2 Å². The van der Waals surface area contributed by atoms with E-state index in [9.17, 15) is 19.2 Å². The van der Waals surface area contributed by atoms with Crippen LogP contribution in [0.3, 0.4) is 0 Å². The summed E-state index contributed by atoms with van der Waals surface area (Å²) >= 11 is 0. The van der Waals surface area contributed by atoms with Gasteiger partial charge in [0.25, 0.3) is 0 Å². The predicted molar refractivity (Wildman–Crippen MR) is 117 cm³/mol. The molecule has 0 saturated heterocycles. The molecule has 0 aromatic heterocycles. The molecule has 2 heterocycles. The third-order valence-electron chi connectivity index (χ3n) is 5.24. The van der Waals surface area contributed by atoms with E-state index in [-0.39, 0.29) is 43.3 Å². The topological polar surface area (TPSA) is 152 Å². The van der Waals surface area contributed by atoms with E-state index in [4.69, 9.17) is 29.4 Å². The normalized spacial score (nSPS) is 18.9. The Bertz CT molecular complexity index is 1080. The third kappa shape index (κ3) is 4.21. The first-order valence-electron chi connectivity index (χ1n) is 10.6. The maximum atomic E-state index is 13.6. The zero-order valence-corrected chi connectivity index (χ0v) is 19.1. The Balaban J connectivity index is 2.30. The number of fused-ring (bicyclic) bond motifs is 2. The molecule has 11 nitrogen and oxygen atoms in total. The van der Waals surface area contributed by atoms with Crippen molar-refractivity contribution in [3.63, 3.8) is 0 Å². The molecule has 0 bridgehead atoms. The summed E-state index contributed by atoms with van der Waals surface area (Å²) in [5, 5.41) is 2.68. The Labute approximate surface area is 195 Å². The smallest absolute Gasteiger partial charge is 0.341 e. The van der Waals surface area contributed by atoms with E-state index in [1.54, 1.807) is 38.1 Å². The van der Waals surface area contributed by atoms with E-state index in [2.05, 4.69) is 5.32 Å². The second-order valence-corrected chi connectivity index (χ2v) is 7.22. The summed E-state index contributed by atoms with van der Waals surface area (Å²) in [6.07, 6.45) is -0.522. The van der Waals surface area contributed by atoms with Gasteiger partial charge in [0, 0.05) is 18.4 Å². The van der Waals surface area contributed by atoms with Crippen molar-refractivity contribution in [2.45, 2.75) is 25.7 Å². The molecule has 2 aliphatic heterocycles. The van der Waals surface area contributed by atoms with Crippen molar-refractivity contribution in [3.05, 3.63) is 52.6 Å². The van der Waals surface area contributed by atoms with Crippen LogP contribution in [0.1, 0.15) is 25.8 Å². The van der Waals surface area contributed by atoms with Crippen LogP contribution in [0.4, 0.5) is 5.69 Å². The first-order chi connectivity index (χ1) is 16.3. The van der Waals surface area contributed by atoms with Gasteiger partial charge in [-0.15, -0.1) is 0 Å². The molecular formula is C23H26N2O9. The van der Waals surface area contributed by atoms with E-state index in [1.165, 1.54) is 7.11 Å². The van der Waals surface area contributed by atoms with Crippen LogP contribution in [0, 0.1) is 0 Å². The van der Waals surface area contributed by atoms with E-state index >= 15 is 0 Å². The highest BCUT2D eigenvalue weighted by molar-refractivity contribution is 6.21. The molecule has 0 radical (unpaired) electrons. The minimum Gasteiger partial charge on any atom is -0.466 e. The summed E-state index contributed by atoms with van der Waals surface area (Å²) in [4.78, 5) is 52.4. The molecule has 3 N–H and O–H groups in total. The van der Waals surface area contributed by atoms with Crippen molar-refractivity contribution in [2.75, 3.05) is 38.9 Å². The SMILES string of the molecule is CCOC(=O)CC1=C(C(=O)OCC)C2(C(=O)Nc3ccccc32)C(C(=O)OCCOC)=C(N)O1. The van der Waals surface area contributed by atoms with Gasteiger partial charge in [-0.05, 0) is 19.9 Å². The number of ether oxygens (including phenoxy) is 5. The first kappa shape index (κ1) is 24.8. The molecule has 1 atom stereocenters. The van der Waals surface area contributed by atoms with Crippen molar-refractivity contribution >= 4 is 29.5 Å². The van der Waals surface area contributed by atoms with Crippen molar-refractivity contribution in [1.29, 1.82) is 0 Å². The quantitative estimate of drug-likeness (QED) is 0.301. The van der Waals surface area contributed by atoms with Crippen molar-refractivity contribution < 1.29 is 42.9 Å². The third-order valence-corrected chi connectivity index (χ3v) is 5.24. The van der Waals surface area contributed by atoms with E-state index in [0.29, 0.717) is 5.69 Å². The Kier molecular flexibility index (Phi) is 7.57. The zero-order chi connectivity index (χ0) is 24.9. The number of carbonyl (C=O) groups excluding carboxylic acids is 4. The van der Waals surface area contributed by atoms with E-state index in [0.717, 1.165) is 0 Å². The summed E-state index contributed by atoms with van der Waals surface area (Å²) in [6, 6.07) is 6.48. The molecule has 1 aromatic carbocycles. The van der Waals surface area contributed by atoms with Gasteiger partial charge < -0.3 is 34.7 Å². The summed E-state index contributed by atoms with van der Waals surface area (Å²) in [6.45, 7) is 3.18. The molecule has 1 unspecified atom stereocenters. The zero-order valence-electron chi connectivity index (χ0n) is 19.1. The maximum Gasteiger partial charge on any atom is 0.341 e. The average molecular weight is 474 g/mol. The van der Waals surface area contributed by atoms with Crippen molar-refractivity contribution in [3.8, 4) is 0 Å². The summed E-state index contributed by atoms with van der Waals surface area (Å²) < 4.78 is 26.0. The molecular weight excluding hydrogens is 448 g/mol. The minimum absolute atomic E-state index is 0.0405. The molecule has 0 aliphatic carbocycles. The lowest BCUT2D eigenvalue weighted by Crippen LogP contribution is -2.49. The van der Waals surface area contributed by atoms with Crippen LogP contribution in [0.25, 0.3) is 0 Å². The van der Waals surface area contributed by atoms with Crippen LogP contribution < -0.4 is 11.1 Å². The van der Waals surface area contributed by atoms with Crippen LogP contribution >= 0.6 is 0 Å². The lowest BCUT2D eigenvalue weighted by Gasteiger charge is -2.36. The fraction of sp³-hybridized carbons (Fsp3) is 0.391. The molecule has 0 fully saturated rings. The van der Waals surface area contributed by atoms with E-state index < -0.39 is 47.1 Å². The largest absolute Gasteiger partial charge is 0.466 e. The Morgan fingerprint density at radius 3 is 2.35 bits per heavy atom. The molecule has 2 aliphatic rings. The van der Waals surface area contributed by atoms with Crippen LogP contribution in [0.5, 0.6) is 0 Å². The lowest BCUT2D eigenvalue weighted by atomic mass is 9.67. The standard InChI is InChI=1S/C23H26N2O9/c1-4-31-16(26)12-15-17(20(27)32-5-2)23(13-8-6-7-9-14(13)25-22(23)29)18(19(24)34-15)21(28)33-11-10-30-3/h6-9H,4-5,10-12,24H2,1-3H3,(H,25,29). The number of carbonyl (C=O) groups is 4. The van der Waals surface area contributed by atoms with Gasteiger partial charge in [0.05, 0.1) is 19.8 Å². The molecule has 1 spiro atoms. The number of hydrogen-bond acceptors (Lipinski definition) is 10. The van der Waals surface area contributed by atoms with E-state index in [1.807, 2.05) is 0 Å². The minimum atomic E-state index is -2.07. The predicted octanol–water partition coefficient (Wildman–Crippen LogP) is 1.04. The number of rotatable bonds is 9. The van der Waals surface area contributed by atoms with Gasteiger partial charge in [-0.25, -0.2) is 9.59 Å². The number of para-hydroxylation sites is 1. The first-order valence-corrected chi connectivity index (χ1v) is 10.6. The van der Waals surface area contributed by atoms with Crippen LogP contribution in [-0.2, 0) is 48.3 Å². The van der Waals surface area contributed by atoms with Crippen molar-refractivity contribution in [1.82, 2.24) is 0 Å². The summed E-state index contributed by atoms with van der Waals surface area (Å²) in [7, 11) is 1.43. The molecule has 0 saturated carbocycles.